The lowest BCUT2D eigenvalue weighted by atomic mass is 10.1. The maximum atomic E-state index is 13.3. The predicted octanol–water partition coefficient (Wildman–Crippen LogP) is 4.82. The molecule has 192 valence electrons. The van der Waals surface area contributed by atoms with Crippen LogP contribution < -0.4 is 0 Å². The number of benzene rings is 2. The van der Waals surface area contributed by atoms with Crippen LogP contribution in [0, 0.1) is 0 Å². The summed E-state index contributed by atoms with van der Waals surface area (Å²) in [5, 5.41) is 4.20. The monoisotopic (exact) mass is 522 g/mol. The van der Waals surface area contributed by atoms with Gasteiger partial charge in [0.25, 0.3) is 5.91 Å². The molecule has 4 rings (SSSR count). The molecule has 0 aliphatic carbocycles. The zero-order valence-electron chi connectivity index (χ0n) is 19.5. The van der Waals surface area contributed by atoms with Crippen molar-refractivity contribution in [2.24, 2.45) is 0 Å². The van der Waals surface area contributed by atoms with E-state index >= 15 is 0 Å². The third kappa shape index (κ3) is 6.83. The highest BCUT2D eigenvalue weighted by Crippen LogP contribution is 2.31. The number of rotatable bonds is 9. The number of nitrogens with zero attached hydrogens (tertiary/aromatic N) is 4. The number of ether oxygens (including phenoxy) is 1. The summed E-state index contributed by atoms with van der Waals surface area (Å²) < 4.78 is 49.8. The van der Waals surface area contributed by atoms with Gasteiger partial charge in [-0.25, -0.2) is 0 Å². The molecular formula is C25H26ClF3N4O3. The first kappa shape index (κ1) is 26.1. The zero-order chi connectivity index (χ0) is 25.5. The number of hydrogen-bond donors (Lipinski definition) is 0. The van der Waals surface area contributed by atoms with Crippen molar-refractivity contribution in [3.63, 3.8) is 0 Å². The quantitative estimate of drug-likeness (QED) is 0.401. The third-order valence-corrected chi connectivity index (χ3v) is 6.24. The fourth-order valence-corrected chi connectivity index (χ4v) is 4.19. The van der Waals surface area contributed by atoms with Crippen molar-refractivity contribution in [3.8, 4) is 11.4 Å². The summed E-state index contributed by atoms with van der Waals surface area (Å²) in [6.07, 6.45) is -3.46. The molecule has 3 aromatic rings. The maximum Gasteiger partial charge on any atom is 0.416 e. The molecule has 0 radical (unpaired) electrons. The van der Waals surface area contributed by atoms with Crippen LogP contribution in [0.4, 0.5) is 13.2 Å². The number of halogens is 4. The molecule has 2 aromatic carbocycles. The second kappa shape index (κ2) is 11.9. The van der Waals surface area contributed by atoms with Gasteiger partial charge in [0.15, 0.2) is 0 Å². The number of aromatic nitrogens is 2. The van der Waals surface area contributed by atoms with Crippen LogP contribution in [0.3, 0.4) is 0 Å². The summed E-state index contributed by atoms with van der Waals surface area (Å²) in [6, 6.07) is 11.6. The van der Waals surface area contributed by atoms with E-state index in [-0.39, 0.29) is 36.2 Å². The van der Waals surface area contributed by atoms with Crippen LogP contribution in [0.5, 0.6) is 0 Å². The summed E-state index contributed by atoms with van der Waals surface area (Å²) >= 11 is 6.26. The maximum absolute atomic E-state index is 13.3. The van der Waals surface area contributed by atoms with Crippen molar-refractivity contribution in [1.82, 2.24) is 19.9 Å². The molecule has 0 unspecified atom stereocenters. The Hall–Kier alpha value is -2.95. The first-order chi connectivity index (χ1) is 17.3. The van der Waals surface area contributed by atoms with Gasteiger partial charge in [-0.05, 0) is 30.7 Å². The van der Waals surface area contributed by atoms with Gasteiger partial charge in [-0.15, -0.1) is 0 Å². The molecule has 0 atom stereocenters. The molecule has 0 saturated carbocycles. The van der Waals surface area contributed by atoms with Crippen LogP contribution in [0.15, 0.2) is 53.1 Å². The number of morpholine rings is 1. The van der Waals surface area contributed by atoms with Crippen LogP contribution in [0.2, 0.25) is 5.02 Å². The molecule has 1 aromatic heterocycles. The summed E-state index contributed by atoms with van der Waals surface area (Å²) in [6.45, 7) is 4.74. The largest absolute Gasteiger partial charge is 0.416 e. The van der Waals surface area contributed by atoms with E-state index in [0.717, 1.165) is 38.2 Å². The molecule has 1 aliphatic heterocycles. The summed E-state index contributed by atoms with van der Waals surface area (Å²) in [4.78, 5) is 21.5. The Balaban J connectivity index is 1.43. The van der Waals surface area contributed by atoms with E-state index in [1.807, 2.05) is 0 Å². The predicted molar refractivity (Wildman–Crippen MR) is 128 cm³/mol. The SMILES string of the molecule is O=C(c1ccccc1Cl)N(CCCN1CCOCC1)CCc1nc(-c2cccc(C(F)(F)F)c2)no1. The number of amides is 1. The van der Waals surface area contributed by atoms with Gasteiger partial charge in [-0.3, -0.25) is 9.69 Å². The van der Waals surface area contributed by atoms with Gasteiger partial charge < -0.3 is 14.2 Å². The Morgan fingerprint density at radius 1 is 1.08 bits per heavy atom. The highest BCUT2D eigenvalue weighted by atomic mass is 35.5. The Morgan fingerprint density at radius 2 is 1.86 bits per heavy atom. The molecule has 0 bridgehead atoms. The van der Waals surface area contributed by atoms with E-state index in [0.29, 0.717) is 30.3 Å². The van der Waals surface area contributed by atoms with Gasteiger partial charge in [0.2, 0.25) is 11.7 Å². The molecule has 1 fully saturated rings. The van der Waals surface area contributed by atoms with Gasteiger partial charge in [-0.1, -0.05) is 41.0 Å². The standard InChI is InChI=1S/C25H26ClF3N4O3/c26-21-8-2-1-7-20(21)24(34)33(11-4-10-32-13-15-35-16-14-32)12-9-22-30-23(31-36-22)18-5-3-6-19(17-18)25(27,28)29/h1-3,5-8,17H,4,9-16H2. The van der Waals surface area contributed by atoms with Crippen molar-refractivity contribution in [3.05, 3.63) is 70.6 Å². The second-order valence-corrected chi connectivity index (χ2v) is 8.83. The van der Waals surface area contributed by atoms with E-state index in [4.69, 9.17) is 20.9 Å². The van der Waals surface area contributed by atoms with E-state index in [2.05, 4.69) is 15.0 Å². The molecule has 1 aliphatic rings. The number of carbonyl (C=O) groups excluding carboxylic acids is 1. The summed E-state index contributed by atoms with van der Waals surface area (Å²) in [5.74, 6) is 0.0835. The smallest absolute Gasteiger partial charge is 0.379 e. The van der Waals surface area contributed by atoms with Gasteiger partial charge in [-0.2, -0.15) is 18.2 Å². The van der Waals surface area contributed by atoms with E-state index in [1.165, 1.54) is 12.1 Å². The Kier molecular flexibility index (Phi) is 8.60. The summed E-state index contributed by atoms with van der Waals surface area (Å²) in [7, 11) is 0. The summed E-state index contributed by atoms with van der Waals surface area (Å²) in [5.41, 5.74) is -0.182. The highest BCUT2D eigenvalue weighted by molar-refractivity contribution is 6.33. The van der Waals surface area contributed by atoms with Crippen LogP contribution in [-0.2, 0) is 17.3 Å². The molecule has 0 spiro atoms. The lowest BCUT2D eigenvalue weighted by Gasteiger charge is -2.28. The van der Waals surface area contributed by atoms with Crippen LogP contribution >= 0.6 is 11.6 Å². The average Bonchev–Trinajstić information content (AvgIpc) is 3.35. The van der Waals surface area contributed by atoms with Gasteiger partial charge in [0, 0.05) is 44.7 Å². The topological polar surface area (TPSA) is 71.7 Å². The molecular weight excluding hydrogens is 497 g/mol. The Labute approximate surface area is 211 Å². The van der Waals surface area contributed by atoms with Crippen molar-refractivity contribution >= 4 is 17.5 Å². The molecule has 1 saturated heterocycles. The van der Waals surface area contributed by atoms with E-state index in [9.17, 15) is 18.0 Å². The zero-order valence-corrected chi connectivity index (χ0v) is 20.3. The Morgan fingerprint density at radius 3 is 2.61 bits per heavy atom. The molecule has 7 nitrogen and oxygen atoms in total. The minimum Gasteiger partial charge on any atom is -0.379 e. The lowest BCUT2D eigenvalue weighted by molar-refractivity contribution is -0.137. The van der Waals surface area contributed by atoms with Crippen molar-refractivity contribution < 1.29 is 27.2 Å². The molecule has 2 heterocycles. The number of hydrogen-bond acceptors (Lipinski definition) is 6. The van der Waals surface area contributed by atoms with Gasteiger partial charge >= 0.3 is 6.18 Å². The van der Waals surface area contributed by atoms with Crippen molar-refractivity contribution in [1.29, 1.82) is 0 Å². The minimum atomic E-state index is -4.47. The van der Waals surface area contributed by atoms with E-state index in [1.54, 1.807) is 29.2 Å². The normalized spacial score (nSPS) is 14.7. The van der Waals surface area contributed by atoms with Crippen molar-refractivity contribution in [2.75, 3.05) is 45.9 Å². The molecule has 36 heavy (non-hydrogen) atoms. The second-order valence-electron chi connectivity index (χ2n) is 8.42. The first-order valence-electron chi connectivity index (χ1n) is 11.7. The fourth-order valence-electron chi connectivity index (χ4n) is 3.97. The fraction of sp³-hybridized carbons (Fsp3) is 0.400. The lowest BCUT2D eigenvalue weighted by Crippen LogP contribution is -2.39. The van der Waals surface area contributed by atoms with Crippen LogP contribution in [-0.4, -0.2) is 71.8 Å². The average molecular weight is 523 g/mol. The van der Waals surface area contributed by atoms with Crippen molar-refractivity contribution in [2.45, 2.75) is 19.0 Å². The third-order valence-electron chi connectivity index (χ3n) is 5.91. The molecule has 0 N–H and O–H groups in total. The van der Waals surface area contributed by atoms with Gasteiger partial charge in [0.05, 0.1) is 29.4 Å². The molecule has 11 heteroatoms. The van der Waals surface area contributed by atoms with Crippen LogP contribution in [0.25, 0.3) is 11.4 Å². The van der Waals surface area contributed by atoms with Gasteiger partial charge in [0.1, 0.15) is 0 Å². The minimum absolute atomic E-state index is 0.0624. The number of alkyl halides is 3. The molecule has 1 amide bonds. The first-order valence-corrected chi connectivity index (χ1v) is 12.0. The number of carbonyl (C=O) groups is 1. The van der Waals surface area contributed by atoms with Crippen LogP contribution in [0.1, 0.15) is 28.2 Å². The highest BCUT2D eigenvalue weighted by Gasteiger charge is 2.31. The van der Waals surface area contributed by atoms with E-state index < -0.39 is 11.7 Å². The Bertz CT molecular complexity index is 1170.